The number of hydrogen-bond donors (Lipinski definition) is 2. The molecule has 9 heteroatoms. The monoisotopic (exact) mass is 567 g/mol. The van der Waals surface area contributed by atoms with Gasteiger partial charge in [-0.2, -0.15) is 0 Å². The zero-order valence-electron chi connectivity index (χ0n) is 25.4. The van der Waals surface area contributed by atoms with Crippen LogP contribution in [-0.2, 0) is 20.9 Å². The van der Waals surface area contributed by atoms with Gasteiger partial charge in [0.1, 0.15) is 18.8 Å². The van der Waals surface area contributed by atoms with Gasteiger partial charge >= 0.3 is 12.1 Å². The summed E-state index contributed by atoms with van der Waals surface area (Å²) in [4.78, 5) is 53.6. The molecule has 0 saturated carbocycles. The number of carbonyl (C=O) groups is 4. The van der Waals surface area contributed by atoms with E-state index < -0.39 is 36.0 Å². The van der Waals surface area contributed by atoms with E-state index in [0.29, 0.717) is 13.1 Å². The predicted octanol–water partition coefficient (Wildman–Crippen LogP) is 5.72. The summed E-state index contributed by atoms with van der Waals surface area (Å²) in [6.07, 6.45) is 0.962. The Bertz CT molecular complexity index is 1130. The zero-order chi connectivity index (χ0) is 30.6. The van der Waals surface area contributed by atoms with Crippen LogP contribution in [0.3, 0.4) is 0 Å². The van der Waals surface area contributed by atoms with E-state index in [0.717, 1.165) is 23.3 Å². The molecule has 0 bridgehead atoms. The molecule has 224 valence electrons. The highest BCUT2D eigenvalue weighted by Gasteiger charge is 2.27. The van der Waals surface area contributed by atoms with Crippen LogP contribution in [0.2, 0.25) is 0 Å². The van der Waals surface area contributed by atoms with Crippen LogP contribution in [0.15, 0.2) is 48.5 Å². The lowest BCUT2D eigenvalue weighted by molar-refractivity contribution is -0.152. The summed E-state index contributed by atoms with van der Waals surface area (Å²) < 4.78 is 11.0. The maximum Gasteiger partial charge on any atom is 0.415 e. The van der Waals surface area contributed by atoms with Crippen molar-refractivity contribution >= 4 is 29.6 Å². The summed E-state index contributed by atoms with van der Waals surface area (Å²) in [6, 6.07) is 13.6. The smallest absolute Gasteiger partial charge is 0.415 e. The molecule has 0 aliphatic rings. The number of rotatable bonds is 13. The summed E-state index contributed by atoms with van der Waals surface area (Å²) >= 11 is 0. The van der Waals surface area contributed by atoms with Crippen LogP contribution < -0.4 is 15.5 Å². The fraction of sp³-hybridized carbons (Fsp3) is 0.500. The van der Waals surface area contributed by atoms with Gasteiger partial charge in [0.15, 0.2) is 0 Å². The summed E-state index contributed by atoms with van der Waals surface area (Å²) in [5, 5.41) is 5.78. The number of esters is 1. The van der Waals surface area contributed by atoms with Gasteiger partial charge in [0.25, 0.3) is 11.8 Å². The number of ether oxygens (including phenoxy) is 2. The first-order valence-corrected chi connectivity index (χ1v) is 14.2. The second-order valence-electron chi connectivity index (χ2n) is 11.4. The first kappa shape index (κ1) is 33.3. The molecule has 0 aromatic heterocycles. The average molecular weight is 568 g/mol. The third-order valence-electron chi connectivity index (χ3n) is 6.50. The molecular weight excluding hydrogens is 522 g/mol. The maximum absolute atomic E-state index is 13.4. The van der Waals surface area contributed by atoms with Crippen LogP contribution >= 0.6 is 0 Å². The summed E-state index contributed by atoms with van der Waals surface area (Å²) in [6.45, 7) is 13.7. The van der Waals surface area contributed by atoms with E-state index in [2.05, 4.69) is 10.6 Å². The minimum atomic E-state index is -0.817. The van der Waals surface area contributed by atoms with Crippen molar-refractivity contribution in [3.8, 4) is 0 Å². The molecule has 2 unspecified atom stereocenters. The summed E-state index contributed by atoms with van der Waals surface area (Å²) in [5.74, 6) is -0.923. The highest BCUT2D eigenvalue weighted by Crippen LogP contribution is 2.23. The van der Waals surface area contributed by atoms with Crippen LogP contribution in [0.1, 0.15) is 87.6 Å². The summed E-state index contributed by atoms with van der Waals surface area (Å²) in [5.41, 5.74) is 0.518. The minimum Gasteiger partial charge on any atom is -0.459 e. The molecule has 0 aliphatic carbocycles. The number of hydrogen-bond acceptors (Lipinski definition) is 6. The molecule has 9 nitrogen and oxygen atoms in total. The second kappa shape index (κ2) is 15.8. The lowest BCUT2D eigenvalue weighted by Gasteiger charge is -2.25. The third kappa shape index (κ3) is 11.6. The van der Waals surface area contributed by atoms with Crippen LogP contribution in [0.25, 0.3) is 0 Å². The van der Waals surface area contributed by atoms with E-state index >= 15 is 0 Å². The van der Waals surface area contributed by atoms with E-state index in [-0.39, 0.29) is 35.3 Å². The first-order valence-electron chi connectivity index (χ1n) is 14.2. The predicted molar refractivity (Wildman–Crippen MR) is 160 cm³/mol. The van der Waals surface area contributed by atoms with Crippen molar-refractivity contribution in [1.29, 1.82) is 0 Å². The third-order valence-corrected chi connectivity index (χ3v) is 6.50. The molecule has 0 saturated heterocycles. The van der Waals surface area contributed by atoms with Gasteiger partial charge in [-0.3, -0.25) is 19.3 Å². The van der Waals surface area contributed by atoms with Gasteiger partial charge in [-0.05, 0) is 56.4 Å². The Morgan fingerprint density at radius 2 is 1.34 bits per heavy atom. The molecule has 2 aromatic carbocycles. The Morgan fingerprint density at radius 1 is 0.829 bits per heavy atom. The zero-order valence-corrected chi connectivity index (χ0v) is 25.4. The number of benzene rings is 2. The molecular formula is C32H45N3O6. The largest absolute Gasteiger partial charge is 0.459 e. The van der Waals surface area contributed by atoms with Crippen molar-refractivity contribution in [2.45, 2.75) is 73.5 Å². The van der Waals surface area contributed by atoms with E-state index in [1.807, 2.05) is 58.0 Å². The maximum atomic E-state index is 13.4. The molecule has 2 N–H and O–H groups in total. The fourth-order valence-corrected chi connectivity index (χ4v) is 3.62. The number of nitrogens with one attached hydrogen (secondary N) is 2. The van der Waals surface area contributed by atoms with Crippen LogP contribution in [0.5, 0.6) is 0 Å². The minimum absolute atomic E-state index is 0.0260. The normalized spacial score (nSPS) is 12.6. The molecule has 0 fully saturated rings. The topological polar surface area (TPSA) is 114 Å². The molecule has 0 heterocycles. The van der Waals surface area contributed by atoms with Crippen molar-refractivity contribution in [2.75, 3.05) is 24.5 Å². The molecule has 2 aromatic rings. The first-order chi connectivity index (χ1) is 19.3. The highest BCUT2D eigenvalue weighted by atomic mass is 16.6. The van der Waals surface area contributed by atoms with Crippen molar-refractivity contribution < 1.29 is 28.7 Å². The van der Waals surface area contributed by atoms with Gasteiger partial charge in [0.2, 0.25) is 0 Å². The lowest BCUT2D eigenvalue weighted by atomic mass is 10.1. The molecule has 0 aliphatic heterocycles. The Morgan fingerprint density at radius 3 is 1.80 bits per heavy atom. The lowest BCUT2D eigenvalue weighted by Crippen LogP contribution is -2.39. The van der Waals surface area contributed by atoms with E-state index in [1.165, 1.54) is 18.2 Å². The average Bonchev–Trinajstić information content (AvgIpc) is 2.94. The SMILES string of the molecule is CCC(C)CNC(=O)c1cc(C(=O)NCC(C)CC)cc(N(CC(=O)OC(C)(C)C)C(=O)OCc2ccccc2)c1. The highest BCUT2D eigenvalue weighted by molar-refractivity contribution is 6.03. The number of anilines is 1. The molecule has 0 spiro atoms. The van der Waals surface area contributed by atoms with Gasteiger partial charge in [-0.1, -0.05) is 70.9 Å². The van der Waals surface area contributed by atoms with Gasteiger partial charge < -0.3 is 20.1 Å². The van der Waals surface area contributed by atoms with Crippen LogP contribution in [0.4, 0.5) is 10.5 Å². The van der Waals surface area contributed by atoms with Crippen molar-refractivity contribution in [2.24, 2.45) is 11.8 Å². The number of nitrogens with zero attached hydrogens (tertiary/aromatic N) is 1. The molecule has 0 radical (unpaired) electrons. The van der Waals surface area contributed by atoms with Gasteiger partial charge in [-0.25, -0.2) is 4.79 Å². The number of carbonyl (C=O) groups excluding carboxylic acids is 4. The molecule has 41 heavy (non-hydrogen) atoms. The number of amides is 3. The Kier molecular flexibility index (Phi) is 12.8. The van der Waals surface area contributed by atoms with Crippen molar-refractivity contribution in [3.05, 3.63) is 65.2 Å². The van der Waals surface area contributed by atoms with Gasteiger partial charge in [0.05, 0.1) is 0 Å². The molecule has 2 atom stereocenters. The fourth-order valence-electron chi connectivity index (χ4n) is 3.62. The molecule has 2 rings (SSSR count). The molecule has 3 amide bonds. The van der Waals surface area contributed by atoms with Gasteiger partial charge in [-0.15, -0.1) is 0 Å². The Hall–Kier alpha value is -3.88. The van der Waals surface area contributed by atoms with E-state index in [1.54, 1.807) is 20.8 Å². The van der Waals surface area contributed by atoms with E-state index in [4.69, 9.17) is 9.47 Å². The van der Waals surface area contributed by atoms with Gasteiger partial charge in [0, 0.05) is 29.9 Å². The van der Waals surface area contributed by atoms with E-state index in [9.17, 15) is 19.2 Å². The second-order valence-corrected chi connectivity index (χ2v) is 11.4. The Labute approximate surface area is 244 Å². The quantitative estimate of drug-likeness (QED) is 0.299. The standard InChI is InChI=1S/C32H45N3O6/c1-8-22(3)18-33-29(37)25-15-26(30(38)34-19-23(4)9-2)17-27(16-25)35(20-28(36)41-32(5,6)7)31(39)40-21-24-13-11-10-12-14-24/h10-17,22-23H,8-9,18-21H2,1-7H3,(H,33,37)(H,34,38). The van der Waals surface area contributed by atoms with Crippen molar-refractivity contribution in [1.82, 2.24) is 10.6 Å². The summed E-state index contributed by atoms with van der Waals surface area (Å²) in [7, 11) is 0. The van der Waals surface area contributed by atoms with Crippen LogP contribution in [-0.4, -0.2) is 49.1 Å². The van der Waals surface area contributed by atoms with Crippen LogP contribution in [0, 0.1) is 11.8 Å². The van der Waals surface area contributed by atoms with Crippen molar-refractivity contribution in [3.63, 3.8) is 0 Å². The Balaban J connectivity index is 2.48.